The standard InChI is InChI=1S/C11H9ClN5.C5H5.Fe/c12-9-8-10(16-11(13)15-9)17(6-14-8)5-7-3-1-2-4-7;1-2-4-5-3-1;/h1-4,6H,5H2,(H2,13,15,16);1-5H;/q2*-1;+2. The van der Waals surface area contributed by atoms with Gasteiger partial charge in [-0.3, -0.25) is 0 Å². The number of aromatic nitrogens is 4. The first-order valence-electron chi connectivity index (χ1n) is 6.75. The number of hydrogen-bond donors (Lipinski definition) is 1. The van der Waals surface area contributed by atoms with Gasteiger partial charge in [0, 0.05) is 6.54 Å². The minimum absolute atomic E-state index is 0. The van der Waals surface area contributed by atoms with Crippen LogP contribution in [0.25, 0.3) is 11.2 Å². The summed E-state index contributed by atoms with van der Waals surface area (Å²) in [6.45, 7) is 0.691. The van der Waals surface area contributed by atoms with Crippen molar-refractivity contribution in [3.63, 3.8) is 0 Å². The van der Waals surface area contributed by atoms with E-state index >= 15 is 0 Å². The van der Waals surface area contributed by atoms with Crippen molar-refractivity contribution in [2.45, 2.75) is 6.54 Å². The van der Waals surface area contributed by atoms with E-state index in [9.17, 15) is 0 Å². The zero-order chi connectivity index (χ0) is 15.4. The topological polar surface area (TPSA) is 69.6 Å². The van der Waals surface area contributed by atoms with Crippen LogP contribution in [0.2, 0.25) is 5.15 Å². The molecule has 0 bridgehead atoms. The van der Waals surface area contributed by atoms with Gasteiger partial charge in [0.1, 0.15) is 5.52 Å². The number of imidazole rings is 1. The molecule has 7 heteroatoms. The van der Waals surface area contributed by atoms with Gasteiger partial charge >= 0.3 is 17.1 Å². The summed E-state index contributed by atoms with van der Waals surface area (Å²) in [5.41, 5.74) is 7.99. The van der Waals surface area contributed by atoms with Crippen molar-refractivity contribution in [1.82, 2.24) is 19.5 Å². The molecule has 0 unspecified atom stereocenters. The largest absolute Gasteiger partial charge is 2.00 e. The van der Waals surface area contributed by atoms with E-state index in [1.165, 1.54) is 5.56 Å². The SMILES string of the molecule is Nc1nc(Cl)c2ncn(C[c-]3cccc3)c2n1.[Fe+2].c1cc[cH-]c1. The van der Waals surface area contributed by atoms with Crippen molar-refractivity contribution < 1.29 is 17.1 Å². The molecule has 0 amide bonds. The molecule has 0 saturated carbocycles. The van der Waals surface area contributed by atoms with E-state index < -0.39 is 0 Å². The molecule has 23 heavy (non-hydrogen) atoms. The number of nitrogen functional groups attached to an aromatic ring is 1. The molecular weight excluding hydrogens is 354 g/mol. The number of halogens is 1. The van der Waals surface area contributed by atoms with Gasteiger partial charge in [0.2, 0.25) is 5.95 Å². The zero-order valence-electron chi connectivity index (χ0n) is 12.1. The van der Waals surface area contributed by atoms with Gasteiger partial charge in [0.05, 0.1) is 6.33 Å². The second kappa shape index (κ2) is 7.92. The quantitative estimate of drug-likeness (QED) is 0.335. The van der Waals surface area contributed by atoms with Gasteiger partial charge in [-0.25, -0.2) is 29.2 Å². The van der Waals surface area contributed by atoms with Crippen molar-refractivity contribution >= 4 is 28.7 Å². The van der Waals surface area contributed by atoms with E-state index in [0.717, 1.165) is 0 Å². The Morgan fingerprint density at radius 3 is 2.43 bits per heavy atom. The summed E-state index contributed by atoms with van der Waals surface area (Å²) >= 11 is 5.95. The van der Waals surface area contributed by atoms with Crippen LogP contribution in [0.3, 0.4) is 0 Å². The van der Waals surface area contributed by atoms with Gasteiger partial charge in [0.15, 0.2) is 10.8 Å². The molecule has 0 aliphatic heterocycles. The molecule has 0 fully saturated rings. The maximum atomic E-state index is 5.95. The summed E-state index contributed by atoms with van der Waals surface area (Å²) in [6.07, 6.45) is 1.69. The molecule has 2 heterocycles. The first kappa shape index (κ1) is 17.2. The van der Waals surface area contributed by atoms with Crippen LogP contribution in [-0.2, 0) is 23.6 Å². The van der Waals surface area contributed by atoms with Crippen LogP contribution in [0, 0.1) is 0 Å². The Labute approximate surface area is 149 Å². The smallest absolute Gasteiger partial charge is 0.368 e. The van der Waals surface area contributed by atoms with Gasteiger partial charge in [-0.2, -0.15) is 40.3 Å². The van der Waals surface area contributed by atoms with Crippen LogP contribution in [0.4, 0.5) is 5.95 Å². The van der Waals surface area contributed by atoms with Crippen molar-refractivity contribution in [2.75, 3.05) is 5.73 Å². The molecule has 2 aromatic carbocycles. The van der Waals surface area contributed by atoms with Crippen LogP contribution < -0.4 is 5.73 Å². The van der Waals surface area contributed by atoms with E-state index in [-0.39, 0.29) is 28.2 Å². The Morgan fingerprint density at radius 1 is 1.13 bits per heavy atom. The Hall–Kier alpha value is -2.14. The number of nitrogens with two attached hydrogens (primary N) is 1. The second-order valence-corrected chi connectivity index (χ2v) is 5.03. The zero-order valence-corrected chi connectivity index (χ0v) is 13.9. The van der Waals surface area contributed by atoms with Crippen molar-refractivity contribution in [2.24, 2.45) is 0 Å². The normalized spacial score (nSPS) is 9.96. The molecule has 0 saturated heterocycles. The molecule has 4 rings (SSSR count). The third-order valence-electron chi connectivity index (χ3n) is 3.08. The first-order chi connectivity index (χ1) is 10.7. The van der Waals surface area contributed by atoms with Gasteiger partial charge in [-0.15, -0.1) is 5.56 Å². The second-order valence-electron chi connectivity index (χ2n) is 4.67. The van der Waals surface area contributed by atoms with Crippen molar-refractivity contribution in [1.29, 1.82) is 0 Å². The minimum atomic E-state index is 0. The average molecular weight is 368 g/mol. The van der Waals surface area contributed by atoms with Crippen molar-refractivity contribution in [3.8, 4) is 0 Å². The van der Waals surface area contributed by atoms with Gasteiger partial charge < -0.3 is 10.3 Å². The van der Waals surface area contributed by atoms with Crippen LogP contribution in [-0.4, -0.2) is 19.5 Å². The van der Waals surface area contributed by atoms with E-state index in [0.29, 0.717) is 17.7 Å². The van der Waals surface area contributed by atoms with Gasteiger partial charge in [-0.05, 0) is 0 Å². The Kier molecular flexibility index (Phi) is 5.93. The van der Waals surface area contributed by atoms with E-state index in [1.807, 2.05) is 59.2 Å². The molecular formula is C16H14ClFeN5. The maximum Gasteiger partial charge on any atom is 2.00 e. The number of fused-ring (bicyclic) bond motifs is 1. The predicted molar refractivity (Wildman–Crippen MR) is 87.9 cm³/mol. The molecule has 0 aliphatic carbocycles. The summed E-state index contributed by atoms with van der Waals surface area (Å²) in [6, 6.07) is 18.1. The van der Waals surface area contributed by atoms with E-state index in [2.05, 4.69) is 15.0 Å². The Morgan fingerprint density at radius 2 is 1.83 bits per heavy atom. The van der Waals surface area contributed by atoms with Crippen LogP contribution in [0.15, 0.2) is 60.9 Å². The van der Waals surface area contributed by atoms with Crippen molar-refractivity contribution in [3.05, 3.63) is 71.6 Å². The summed E-state index contributed by atoms with van der Waals surface area (Å²) < 4.78 is 1.90. The fourth-order valence-corrected chi connectivity index (χ4v) is 2.30. The average Bonchev–Trinajstić information content (AvgIpc) is 3.22. The summed E-state index contributed by atoms with van der Waals surface area (Å²) in [5, 5.41) is 0.286. The third-order valence-corrected chi connectivity index (χ3v) is 3.34. The number of nitrogens with zero attached hydrogens (tertiary/aromatic N) is 4. The molecule has 4 aromatic rings. The summed E-state index contributed by atoms with van der Waals surface area (Å²) in [7, 11) is 0. The third kappa shape index (κ3) is 4.19. The molecule has 118 valence electrons. The summed E-state index contributed by atoms with van der Waals surface area (Å²) in [4.78, 5) is 12.2. The summed E-state index contributed by atoms with van der Waals surface area (Å²) in [5.74, 6) is 0.159. The van der Waals surface area contributed by atoms with Crippen LogP contribution >= 0.6 is 11.6 Å². The molecule has 2 N–H and O–H groups in total. The molecule has 5 nitrogen and oxygen atoms in total. The van der Waals surface area contributed by atoms with Crippen LogP contribution in [0.1, 0.15) is 5.56 Å². The predicted octanol–water partition coefficient (Wildman–Crippen LogP) is 3.23. The van der Waals surface area contributed by atoms with E-state index in [4.69, 9.17) is 17.3 Å². The monoisotopic (exact) mass is 367 g/mol. The Bertz CT molecular complexity index is 820. The van der Waals surface area contributed by atoms with Gasteiger partial charge in [-0.1, -0.05) is 11.6 Å². The maximum absolute atomic E-state index is 5.95. The molecule has 2 aromatic heterocycles. The molecule has 0 spiro atoms. The first-order valence-corrected chi connectivity index (χ1v) is 7.13. The molecule has 0 aliphatic rings. The van der Waals surface area contributed by atoms with Crippen LogP contribution in [0.5, 0.6) is 0 Å². The molecule has 0 radical (unpaired) electrons. The minimum Gasteiger partial charge on any atom is -0.368 e. The fraction of sp³-hybridized carbons (Fsp3) is 0.0625. The Balaban J connectivity index is 0.000000276. The van der Waals surface area contributed by atoms with E-state index in [1.54, 1.807) is 6.33 Å². The van der Waals surface area contributed by atoms with Gasteiger partial charge in [0.25, 0.3) is 0 Å². The molecule has 0 atom stereocenters. The fourth-order valence-electron chi connectivity index (χ4n) is 2.08. The number of anilines is 1. The number of hydrogen-bond acceptors (Lipinski definition) is 4. The number of rotatable bonds is 2.